The molecule has 0 spiro atoms. The van der Waals surface area contributed by atoms with Gasteiger partial charge in [0, 0.05) is 12.7 Å². The highest BCUT2D eigenvalue weighted by molar-refractivity contribution is 6.67. The van der Waals surface area contributed by atoms with Gasteiger partial charge in [-0.1, -0.05) is 13.3 Å². The third-order valence-electron chi connectivity index (χ3n) is 2.79. The zero-order valence-corrected chi connectivity index (χ0v) is 12.7. The van der Waals surface area contributed by atoms with Crippen LogP contribution >= 0.6 is 0 Å². The minimum absolute atomic E-state index is 0.197. The Morgan fingerprint density at radius 1 is 1.12 bits per heavy atom. The second-order valence-corrected chi connectivity index (χ2v) is 7.84. The van der Waals surface area contributed by atoms with Crippen molar-refractivity contribution in [2.75, 3.05) is 19.7 Å². The molecule has 0 aromatic carbocycles. The molecule has 0 aromatic heterocycles. The Kier molecular flexibility index (Phi) is 10.1. The van der Waals surface area contributed by atoms with Crippen molar-refractivity contribution in [1.29, 1.82) is 0 Å². The van der Waals surface area contributed by atoms with Crippen LogP contribution in [0.1, 0.15) is 40.0 Å². The van der Waals surface area contributed by atoms with Crippen LogP contribution < -0.4 is 11.5 Å². The lowest BCUT2D eigenvalue weighted by Gasteiger charge is -2.33. The fourth-order valence-corrected chi connectivity index (χ4v) is 5.82. The summed E-state index contributed by atoms with van der Waals surface area (Å²) in [4.78, 5) is 0. The second-order valence-electron chi connectivity index (χ2n) is 4.49. The highest BCUT2D eigenvalue weighted by Crippen LogP contribution is 2.25. The first kappa shape index (κ1) is 17.1. The first-order valence-corrected chi connectivity index (χ1v) is 9.09. The van der Waals surface area contributed by atoms with Gasteiger partial charge in [0.05, 0.1) is 0 Å². The van der Waals surface area contributed by atoms with Gasteiger partial charge in [0.15, 0.2) is 0 Å². The summed E-state index contributed by atoms with van der Waals surface area (Å²) >= 11 is 0. The van der Waals surface area contributed by atoms with Crippen LogP contribution in [0.2, 0.25) is 12.1 Å². The smallest absolute Gasteiger partial charge is 0.338 e. The summed E-state index contributed by atoms with van der Waals surface area (Å²) < 4.78 is 12.3. The van der Waals surface area contributed by atoms with Gasteiger partial charge in [-0.15, -0.1) is 0 Å². The summed E-state index contributed by atoms with van der Waals surface area (Å²) in [6, 6.07) is 2.05. The fraction of sp³-hybridized carbons (Fsp3) is 1.00. The van der Waals surface area contributed by atoms with Crippen LogP contribution in [0.5, 0.6) is 0 Å². The van der Waals surface area contributed by atoms with E-state index in [9.17, 15) is 0 Å². The van der Waals surface area contributed by atoms with Crippen molar-refractivity contribution in [3.05, 3.63) is 0 Å². The Hall–Kier alpha value is 0.0569. The van der Waals surface area contributed by atoms with Crippen LogP contribution in [0.15, 0.2) is 0 Å². The third kappa shape index (κ3) is 7.16. The molecule has 0 rings (SSSR count). The van der Waals surface area contributed by atoms with Crippen molar-refractivity contribution in [3.63, 3.8) is 0 Å². The topological polar surface area (TPSA) is 70.5 Å². The average molecular weight is 262 g/mol. The third-order valence-corrected chi connectivity index (χ3v) is 6.81. The van der Waals surface area contributed by atoms with Crippen LogP contribution in [0.25, 0.3) is 0 Å². The quantitative estimate of drug-likeness (QED) is 0.559. The van der Waals surface area contributed by atoms with Crippen molar-refractivity contribution < 1.29 is 8.85 Å². The molecule has 4 nitrogen and oxygen atoms in total. The molecule has 0 aliphatic heterocycles. The standard InChI is InChI=1S/C12H30N2O2Si/c1-4-10-17(15-5-2,11-6-8-13)16-12(3)7-9-14/h12H,4-11,13-14H2,1-3H3. The average Bonchev–Trinajstić information content (AvgIpc) is 2.27. The van der Waals surface area contributed by atoms with E-state index in [4.69, 9.17) is 20.3 Å². The molecule has 0 saturated carbocycles. The van der Waals surface area contributed by atoms with Crippen LogP contribution in [0, 0.1) is 0 Å². The first-order valence-electron chi connectivity index (χ1n) is 6.86. The van der Waals surface area contributed by atoms with E-state index >= 15 is 0 Å². The van der Waals surface area contributed by atoms with E-state index in [1.165, 1.54) is 0 Å². The summed E-state index contributed by atoms with van der Waals surface area (Å²) in [7, 11) is -2.05. The molecule has 2 atom stereocenters. The highest BCUT2D eigenvalue weighted by Gasteiger charge is 2.37. The summed E-state index contributed by atoms with van der Waals surface area (Å²) in [6.45, 7) is 8.41. The zero-order valence-electron chi connectivity index (χ0n) is 11.7. The molecule has 0 amide bonds. The molecule has 2 unspecified atom stereocenters. The molecular formula is C12H30N2O2Si. The van der Waals surface area contributed by atoms with E-state index in [1.54, 1.807) is 0 Å². The van der Waals surface area contributed by atoms with Crippen LogP contribution in [-0.2, 0) is 8.85 Å². The molecule has 0 saturated heterocycles. The predicted octanol–water partition coefficient (Wildman–Crippen LogP) is 1.98. The molecule has 0 aliphatic rings. The van der Waals surface area contributed by atoms with Gasteiger partial charge in [-0.25, -0.2) is 0 Å². The molecule has 0 fully saturated rings. The Labute approximate surface area is 107 Å². The van der Waals surface area contributed by atoms with Gasteiger partial charge in [0.25, 0.3) is 0 Å². The number of rotatable bonds is 11. The highest BCUT2D eigenvalue weighted by atomic mass is 28.4. The molecule has 0 aromatic rings. The first-order chi connectivity index (χ1) is 8.14. The minimum atomic E-state index is -2.05. The largest absolute Gasteiger partial charge is 0.394 e. The van der Waals surface area contributed by atoms with E-state index in [-0.39, 0.29) is 6.10 Å². The van der Waals surface area contributed by atoms with Crippen LogP contribution in [-0.4, -0.2) is 34.4 Å². The van der Waals surface area contributed by atoms with Crippen molar-refractivity contribution in [3.8, 4) is 0 Å². The molecule has 0 radical (unpaired) electrons. The lowest BCUT2D eigenvalue weighted by atomic mass is 10.3. The number of nitrogens with two attached hydrogens (primary N) is 2. The van der Waals surface area contributed by atoms with Crippen molar-refractivity contribution in [2.24, 2.45) is 11.5 Å². The lowest BCUT2D eigenvalue weighted by molar-refractivity contribution is 0.121. The predicted molar refractivity (Wildman–Crippen MR) is 75.2 cm³/mol. The van der Waals surface area contributed by atoms with Gasteiger partial charge < -0.3 is 20.3 Å². The van der Waals surface area contributed by atoms with Crippen molar-refractivity contribution in [1.82, 2.24) is 0 Å². The zero-order chi connectivity index (χ0) is 13.1. The SMILES string of the molecule is CCC[Si](CCCN)(OCC)OC(C)CCN. The Bertz CT molecular complexity index is 176. The van der Waals surface area contributed by atoms with Gasteiger partial charge in [-0.2, -0.15) is 0 Å². The van der Waals surface area contributed by atoms with Crippen molar-refractivity contribution in [2.45, 2.75) is 58.2 Å². The van der Waals surface area contributed by atoms with Crippen LogP contribution in [0.3, 0.4) is 0 Å². The Morgan fingerprint density at radius 3 is 2.29 bits per heavy atom. The summed E-state index contributed by atoms with van der Waals surface area (Å²) in [5.41, 5.74) is 11.2. The maximum atomic E-state index is 6.24. The molecule has 104 valence electrons. The fourth-order valence-electron chi connectivity index (χ4n) is 2.10. The molecule has 5 heteroatoms. The van der Waals surface area contributed by atoms with Gasteiger partial charge >= 0.3 is 8.56 Å². The van der Waals surface area contributed by atoms with E-state index in [2.05, 4.69) is 13.8 Å². The Balaban J connectivity index is 4.50. The number of hydrogen-bond donors (Lipinski definition) is 2. The molecular weight excluding hydrogens is 232 g/mol. The summed E-state index contributed by atoms with van der Waals surface area (Å²) in [5.74, 6) is 0. The van der Waals surface area contributed by atoms with E-state index in [1.807, 2.05) is 6.92 Å². The summed E-state index contributed by atoms with van der Waals surface area (Å²) in [6.07, 6.45) is 3.18. The maximum Gasteiger partial charge on any atom is 0.338 e. The normalized spacial score (nSPS) is 16.8. The van der Waals surface area contributed by atoms with Gasteiger partial charge in [-0.3, -0.25) is 0 Å². The minimum Gasteiger partial charge on any atom is -0.394 e. The van der Waals surface area contributed by atoms with E-state index in [0.717, 1.165) is 38.0 Å². The molecule has 0 aliphatic carbocycles. The van der Waals surface area contributed by atoms with Gasteiger partial charge in [0.1, 0.15) is 0 Å². The van der Waals surface area contributed by atoms with Gasteiger partial charge in [-0.05, 0) is 51.9 Å². The Morgan fingerprint density at radius 2 is 1.82 bits per heavy atom. The monoisotopic (exact) mass is 262 g/mol. The van der Waals surface area contributed by atoms with Crippen LogP contribution in [0.4, 0.5) is 0 Å². The summed E-state index contributed by atoms with van der Waals surface area (Å²) in [5, 5.41) is 0. The second kappa shape index (κ2) is 10.0. The van der Waals surface area contributed by atoms with E-state index < -0.39 is 8.56 Å². The molecule has 4 N–H and O–H groups in total. The lowest BCUT2D eigenvalue weighted by Crippen LogP contribution is -2.45. The number of hydrogen-bond acceptors (Lipinski definition) is 4. The molecule has 0 heterocycles. The van der Waals surface area contributed by atoms with Crippen molar-refractivity contribution >= 4 is 8.56 Å². The molecule has 0 bridgehead atoms. The maximum absolute atomic E-state index is 6.24. The molecule has 17 heavy (non-hydrogen) atoms. The van der Waals surface area contributed by atoms with E-state index in [0.29, 0.717) is 13.1 Å². The van der Waals surface area contributed by atoms with Gasteiger partial charge in [0.2, 0.25) is 0 Å².